The molecule has 0 bridgehead atoms. The van der Waals surface area contributed by atoms with Crippen LogP contribution < -0.4 is 5.32 Å². The molecule has 2 nitrogen and oxygen atoms in total. The zero-order chi connectivity index (χ0) is 14.9. The molecule has 0 saturated heterocycles. The maximum absolute atomic E-state index is 3.74. The molecule has 112 valence electrons. The average Bonchev–Trinajstić information content (AvgIpc) is 2.92. The summed E-state index contributed by atoms with van der Waals surface area (Å²) in [6.07, 6.45) is 3.67. The molecule has 1 atom stereocenters. The summed E-state index contributed by atoms with van der Waals surface area (Å²) in [5.74, 6) is 0. The van der Waals surface area contributed by atoms with Crippen LogP contribution in [-0.2, 0) is 13.0 Å². The van der Waals surface area contributed by atoms with Crippen LogP contribution in [0, 0.1) is 6.92 Å². The number of aromatic nitrogens is 1. The van der Waals surface area contributed by atoms with Gasteiger partial charge < -0.3 is 10.3 Å². The number of rotatable bonds is 3. The van der Waals surface area contributed by atoms with Gasteiger partial charge in [-0.2, -0.15) is 0 Å². The summed E-state index contributed by atoms with van der Waals surface area (Å²) in [5.41, 5.74) is 6.90. The van der Waals surface area contributed by atoms with Crippen LogP contribution >= 0.6 is 0 Å². The number of hydrogen-bond donors (Lipinski definition) is 2. The Labute approximate surface area is 131 Å². The lowest BCUT2D eigenvalue weighted by Gasteiger charge is -2.24. The SMILES string of the molecule is Cc1ccc2[nH]c3c(c2c1)CCC[C@@H]3NCc1ccccc1. The lowest BCUT2D eigenvalue weighted by Crippen LogP contribution is -2.24. The van der Waals surface area contributed by atoms with Gasteiger partial charge in [0.1, 0.15) is 0 Å². The predicted molar refractivity (Wildman–Crippen MR) is 92.0 cm³/mol. The van der Waals surface area contributed by atoms with Crippen LogP contribution in [0.25, 0.3) is 10.9 Å². The Hall–Kier alpha value is -2.06. The molecule has 1 aliphatic carbocycles. The lowest BCUT2D eigenvalue weighted by atomic mass is 9.91. The fourth-order valence-corrected chi connectivity index (χ4v) is 3.62. The van der Waals surface area contributed by atoms with E-state index in [-0.39, 0.29) is 0 Å². The summed E-state index contributed by atoms with van der Waals surface area (Å²) in [4.78, 5) is 3.67. The van der Waals surface area contributed by atoms with Crippen LogP contribution in [0.2, 0.25) is 0 Å². The maximum Gasteiger partial charge on any atom is 0.0478 e. The van der Waals surface area contributed by atoms with Gasteiger partial charge in [-0.25, -0.2) is 0 Å². The van der Waals surface area contributed by atoms with Crippen LogP contribution in [0.5, 0.6) is 0 Å². The van der Waals surface area contributed by atoms with Gasteiger partial charge in [0.25, 0.3) is 0 Å². The summed E-state index contributed by atoms with van der Waals surface area (Å²) < 4.78 is 0. The van der Waals surface area contributed by atoms with E-state index in [1.54, 1.807) is 0 Å². The fraction of sp³-hybridized carbons (Fsp3) is 0.300. The van der Waals surface area contributed by atoms with Gasteiger partial charge in [0.05, 0.1) is 0 Å². The van der Waals surface area contributed by atoms with E-state index in [2.05, 4.69) is 65.8 Å². The number of aromatic amines is 1. The molecule has 0 saturated carbocycles. The van der Waals surface area contributed by atoms with E-state index >= 15 is 0 Å². The predicted octanol–water partition coefficient (Wildman–Crippen LogP) is 4.64. The first kappa shape index (κ1) is 13.6. The molecular weight excluding hydrogens is 268 g/mol. The van der Waals surface area contributed by atoms with Gasteiger partial charge in [-0.05, 0) is 49.4 Å². The minimum atomic E-state index is 0.441. The Balaban J connectivity index is 1.63. The molecule has 0 aliphatic heterocycles. The Bertz CT molecular complexity index is 786. The number of benzene rings is 2. The number of nitrogens with one attached hydrogen (secondary N) is 2. The summed E-state index contributed by atoms with van der Waals surface area (Å²) in [6, 6.07) is 17.8. The number of aryl methyl sites for hydroxylation is 2. The van der Waals surface area contributed by atoms with Crippen molar-refractivity contribution in [3.8, 4) is 0 Å². The van der Waals surface area contributed by atoms with E-state index in [0.29, 0.717) is 6.04 Å². The van der Waals surface area contributed by atoms with Crippen LogP contribution in [-0.4, -0.2) is 4.98 Å². The Kier molecular flexibility index (Phi) is 3.47. The molecule has 22 heavy (non-hydrogen) atoms. The second-order valence-corrected chi connectivity index (χ2v) is 6.38. The first-order chi connectivity index (χ1) is 10.8. The van der Waals surface area contributed by atoms with Crippen LogP contribution in [0.1, 0.15) is 41.3 Å². The van der Waals surface area contributed by atoms with E-state index in [1.807, 2.05) is 0 Å². The molecule has 0 amide bonds. The van der Waals surface area contributed by atoms with Crippen molar-refractivity contribution >= 4 is 10.9 Å². The topological polar surface area (TPSA) is 27.8 Å². The number of hydrogen-bond acceptors (Lipinski definition) is 1. The maximum atomic E-state index is 3.74. The van der Waals surface area contributed by atoms with E-state index in [4.69, 9.17) is 0 Å². The number of H-pyrrole nitrogens is 1. The van der Waals surface area contributed by atoms with E-state index in [9.17, 15) is 0 Å². The molecule has 0 fully saturated rings. The molecule has 2 heteroatoms. The quantitative estimate of drug-likeness (QED) is 0.722. The molecule has 2 N–H and O–H groups in total. The van der Waals surface area contributed by atoms with Crippen LogP contribution in [0.15, 0.2) is 48.5 Å². The van der Waals surface area contributed by atoms with Gasteiger partial charge in [-0.1, -0.05) is 42.0 Å². The first-order valence-corrected chi connectivity index (χ1v) is 8.19. The molecule has 2 aromatic carbocycles. The largest absolute Gasteiger partial charge is 0.357 e. The molecule has 0 unspecified atom stereocenters. The minimum Gasteiger partial charge on any atom is -0.357 e. The normalized spacial score (nSPS) is 17.6. The summed E-state index contributed by atoms with van der Waals surface area (Å²) in [5, 5.41) is 5.16. The molecule has 0 radical (unpaired) electrons. The zero-order valence-electron chi connectivity index (χ0n) is 13.0. The van der Waals surface area contributed by atoms with Crippen molar-refractivity contribution in [3.05, 3.63) is 70.9 Å². The second-order valence-electron chi connectivity index (χ2n) is 6.38. The highest BCUT2D eigenvalue weighted by molar-refractivity contribution is 5.85. The van der Waals surface area contributed by atoms with Crippen LogP contribution in [0.4, 0.5) is 0 Å². The third-order valence-corrected chi connectivity index (χ3v) is 4.76. The van der Waals surface area contributed by atoms with Crippen molar-refractivity contribution in [2.24, 2.45) is 0 Å². The third-order valence-electron chi connectivity index (χ3n) is 4.76. The highest BCUT2D eigenvalue weighted by Crippen LogP contribution is 2.35. The molecule has 1 aromatic heterocycles. The van der Waals surface area contributed by atoms with E-state index in [1.165, 1.54) is 52.5 Å². The van der Waals surface area contributed by atoms with Crippen molar-refractivity contribution in [2.75, 3.05) is 0 Å². The molecule has 1 heterocycles. The Morgan fingerprint density at radius 3 is 2.86 bits per heavy atom. The highest BCUT2D eigenvalue weighted by Gasteiger charge is 2.23. The highest BCUT2D eigenvalue weighted by atomic mass is 14.9. The molecular formula is C20H22N2. The Morgan fingerprint density at radius 2 is 2.00 bits per heavy atom. The van der Waals surface area contributed by atoms with Gasteiger partial charge >= 0.3 is 0 Å². The standard InChI is InChI=1S/C20H22N2/c1-14-10-11-18-17(12-14)16-8-5-9-19(20(16)22-18)21-13-15-6-3-2-4-7-15/h2-4,6-7,10-12,19,21-22H,5,8-9,13H2,1H3/t19-/m0/s1. The van der Waals surface area contributed by atoms with Crippen molar-refractivity contribution < 1.29 is 0 Å². The fourth-order valence-electron chi connectivity index (χ4n) is 3.62. The van der Waals surface area contributed by atoms with Gasteiger partial charge in [0, 0.05) is 29.2 Å². The second kappa shape index (κ2) is 5.62. The third kappa shape index (κ3) is 2.44. The Morgan fingerprint density at radius 1 is 1.14 bits per heavy atom. The lowest BCUT2D eigenvalue weighted by molar-refractivity contribution is 0.452. The smallest absolute Gasteiger partial charge is 0.0478 e. The molecule has 3 aromatic rings. The zero-order valence-corrected chi connectivity index (χ0v) is 13.0. The van der Waals surface area contributed by atoms with Crippen molar-refractivity contribution in [2.45, 2.75) is 38.8 Å². The minimum absolute atomic E-state index is 0.441. The van der Waals surface area contributed by atoms with Gasteiger partial charge in [0.2, 0.25) is 0 Å². The van der Waals surface area contributed by atoms with Gasteiger partial charge in [-0.15, -0.1) is 0 Å². The van der Waals surface area contributed by atoms with E-state index < -0.39 is 0 Å². The molecule has 0 spiro atoms. The summed E-state index contributed by atoms with van der Waals surface area (Å²) in [6.45, 7) is 3.10. The molecule has 4 rings (SSSR count). The van der Waals surface area contributed by atoms with Crippen molar-refractivity contribution in [3.63, 3.8) is 0 Å². The molecule has 1 aliphatic rings. The van der Waals surface area contributed by atoms with Crippen molar-refractivity contribution in [1.82, 2.24) is 10.3 Å². The van der Waals surface area contributed by atoms with Crippen molar-refractivity contribution in [1.29, 1.82) is 0 Å². The monoisotopic (exact) mass is 290 g/mol. The average molecular weight is 290 g/mol. The summed E-state index contributed by atoms with van der Waals surface area (Å²) >= 11 is 0. The number of fused-ring (bicyclic) bond motifs is 3. The van der Waals surface area contributed by atoms with E-state index in [0.717, 1.165) is 6.54 Å². The summed E-state index contributed by atoms with van der Waals surface area (Å²) in [7, 11) is 0. The van der Waals surface area contributed by atoms with Crippen LogP contribution in [0.3, 0.4) is 0 Å². The first-order valence-electron chi connectivity index (χ1n) is 8.19. The van der Waals surface area contributed by atoms with Gasteiger partial charge in [-0.3, -0.25) is 0 Å². The van der Waals surface area contributed by atoms with Gasteiger partial charge in [0.15, 0.2) is 0 Å².